The Morgan fingerprint density at radius 2 is 1.62 bits per heavy atom. The second-order valence-corrected chi connectivity index (χ2v) is 10.3. The normalized spacial score (nSPS) is 17.2. The number of anilines is 2. The number of amides is 1. The molecule has 2 aromatic carbocycles. The molecule has 2 aliphatic rings. The Kier molecular flexibility index (Phi) is 6.77. The molecule has 4 rings (SSSR count). The molecule has 7 nitrogen and oxygen atoms in total. The molecule has 1 N–H and O–H groups in total. The topological polar surface area (TPSA) is 79.0 Å². The Hall–Kier alpha value is -2.79. The van der Waals surface area contributed by atoms with E-state index >= 15 is 0 Å². The number of hydrogen-bond acceptors (Lipinski definition) is 5. The molecular formula is C23H26F3N3O4S. The van der Waals surface area contributed by atoms with Crippen molar-refractivity contribution in [3.63, 3.8) is 0 Å². The van der Waals surface area contributed by atoms with Crippen LogP contribution in [-0.4, -0.2) is 51.9 Å². The molecule has 2 heterocycles. The van der Waals surface area contributed by atoms with Crippen LogP contribution in [0, 0.1) is 0 Å². The van der Waals surface area contributed by atoms with Crippen molar-refractivity contribution in [2.45, 2.75) is 36.8 Å². The molecule has 0 radical (unpaired) electrons. The first-order valence-corrected chi connectivity index (χ1v) is 12.5. The molecule has 0 aliphatic carbocycles. The molecule has 11 heteroatoms. The maximum absolute atomic E-state index is 13.3. The Morgan fingerprint density at radius 1 is 0.971 bits per heavy atom. The van der Waals surface area contributed by atoms with Crippen LogP contribution in [-0.2, 0) is 16.2 Å². The van der Waals surface area contributed by atoms with Gasteiger partial charge in [0.1, 0.15) is 10.6 Å². The predicted octanol–water partition coefficient (Wildman–Crippen LogP) is 4.35. The fourth-order valence-electron chi connectivity index (χ4n) is 4.33. The van der Waals surface area contributed by atoms with Gasteiger partial charge in [-0.2, -0.15) is 17.5 Å². The first-order valence-electron chi connectivity index (χ1n) is 11.1. The molecule has 184 valence electrons. The summed E-state index contributed by atoms with van der Waals surface area (Å²) in [7, 11) is -2.55. The van der Waals surface area contributed by atoms with Crippen LogP contribution in [0.3, 0.4) is 0 Å². The molecule has 0 atom stereocenters. The minimum Gasteiger partial charge on any atom is -0.495 e. The predicted molar refractivity (Wildman–Crippen MR) is 122 cm³/mol. The Morgan fingerprint density at radius 3 is 2.24 bits per heavy atom. The second kappa shape index (κ2) is 9.46. The highest BCUT2D eigenvalue weighted by Gasteiger charge is 2.33. The van der Waals surface area contributed by atoms with E-state index in [9.17, 15) is 26.4 Å². The zero-order valence-electron chi connectivity index (χ0n) is 18.7. The summed E-state index contributed by atoms with van der Waals surface area (Å²) in [4.78, 5) is 14.9. The quantitative estimate of drug-likeness (QED) is 0.642. The van der Waals surface area contributed by atoms with E-state index < -0.39 is 27.7 Å². The van der Waals surface area contributed by atoms with Gasteiger partial charge in [0, 0.05) is 31.7 Å². The monoisotopic (exact) mass is 497 g/mol. The highest BCUT2D eigenvalue weighted by molar-refractivity contribution is 7.89. The maximum Gasteiger partial charge on any atom is 0.416 e. The summed E-state index contributed by atoms with van der Waals surface area (Å²) < 4.78 is 72.8. The van der Waals surface area contributed by atoms with Crippen molar-refractivity contribution in [3.8, 4) is 5.75 Å². The number of benzene rings is 2. The van der Waals surface area contributed by atoms with Gasteiger partial charge in [0.2, 0.25) is 10.0 Å². The van der Waals surface area contributed by atoms with Crippen molar-refractivity contribution < 1.29 is 31.1 Å². The van der Waals surface area contributed by atoms with E-state index in [1.54, 1.807) is 0 Å². The lowest BCUT2D eigenvalue weighted by Crippen LogP contribution is -2.28. The van der Waals surface area contributed by atoms with Gasteiger partial charge in [-0.15, -0.1) is 0 Å². The zero-order valence-corrected chi connectivity index (χ0v) is 19.5. The van der Waals surface area contributed by atoms with Crippen LogP contribution in [0.15, 0.2) is 41.3 Å². The number of methoxy groups -OCH3 is 1. The SMILES string of the molecule is COc1ccc(C(=O)Nc2cc(C(F)(F)F)ccc2N2CCCC2)cc1S(=O)(=O)N1CCCC1. The van der Waals surface area contributed by atoms with Gasteiger partial charge in [-0.05, 0) is 62.1 Å². The van der Waals surface area contributed by atoms with E-state index in [2.05, 4.69) is 5.32 Å². The van der Waals surface area contributed by atoms with Crippen LogP contribution >= 0.6 is 0 Å². The lowest BCUT2D eigenvalue weighted by molar-refractivity contribution is -0.137. The summed E-state index contributed by atoms with van der Waals surface area (Å²) in [6.45, 7) is 2.11. The van der Waals surface area contributed by atoms with E-state index in [-0.39, 0.29) is 21.9 Å². The Balaban J connectivity index is 1.69. The summed E-state index contributed by atoms with van der Waals surface area (Å²) >= 11 is 0. The van der Waals surface area contributed by atoms with Crippen LogP contribution < -0.4 is 15.0 Å². The van der Waals surface area contributed by atoms with Gasteiger partial charge in [0.15, 0.2) is 0 Å². The third kappa shape index (κ3) is 4.85. The van der Waals surface area contributed by atoms with Gasteiger partial charge in [-0.1, -0.05) is 0 Å². The molecule has 0 spiro atoms. The second-order valence-electron chi connectivity index (χ2n) is 8.35. The van der Waals surface area contributed by atoms with Crippen LogP contribution in [0.25, 0.3) is 0 Å². The standard InChI is InChI=1S/C23H26F3N3O4S/c1-33-20-9-6-16(14-21(20)34(31,32)29-12-4-5-13-29)22(30)27-18-15-17(23(24,25)26)7-8-19(18)28-10-2-3-11-28/h6-9,14-15H,2-5,10-13H2,1H3,(H,27,30). The van der Waals surface area contributed by atoms with Crippen molar-refractivity contribution in [2.24, 2.45) is 0 Å². The average molecular weight is 498 g/mol. The molecule has 2 aromatic rings. The minimum atomic E-state index is -4.57. The molecule has 1 amide bonds. The molecular weight excluding hydrogens is 471 g/mol. The summed E-state index contributed by atoms with van der Waals surface area (Å²) in [5.41, 5.74) is -0.347. The van der Waals surface area contributed by atoms with Crippen LogP contribution in [0.2, 0.25) is 0 Å². The lowest BCUT2D eigenvalue weighted by Gasteiger charge is -2.23. The third-order valence-electron chi connectivity index (χ3n) is 6.13. The summed E-state index contributed by atoms with van der Waals surface area (Å²) in [6.07, 6.45) is -1.26. The van der Waals surface area contributed by atoms with E-state index in [1.807, 2.05) is 4.90 Å². The van der Waals surface area contributed by atoms with E-state index in [4.69, 9.17) is 4.74 Å². The van der Waals surface area contributed by atoms with E-state index in [0.29, 0.717) is 31.9 Å². The smallest absolute Gasteiger partial charge is 0.416 e. The zero-order chi connectivity index (χ0) is 24.5. The number of carbonyl (C=O) groups is 1. The molecule has 2 aliphatic heterocycles. The molecule has 2 saturated heterocycles. The number of ether oxygens (including phenoxy) is 1. The first kappa shape index (κ1) is 24.3. The van der Waals surface area contributed by atoms with Crippen molar-refractivity contribution in [1.29, 1.82) is 0 Å². The van der Waals surface area contributed by atoms with Gasteiger partial charge in [0.05, 0.1) is 24.0 Å². The highest BCUT2D eigenvalue weighted by atomic mass is 32.2. The summed E-state index contributed by atoms with van der Waals surface area (Å²) in [5, 5.41) is 2.57. The third-order valence-corrected chi connectivity index (χ3v) is 8.05. The van der Waals surface area contributed by atoms with Crippen molar-refractivity contribution in [2.75, 3.05) is 43.5 Å². The van der Waals surface area contributed by atoms with Crippen LogP contribution in [0.5, 0.6) is 5.75 Å². The molecule has 2 fully saturated rings. The number of carbonyl (C=O) groups excluding carboxylic acids is 1. The van der Waals surface area contributed by atoms with Gasteiger partial charge < -0.3 is 15.0 Å². The highest BCUT2D eigenvalue weighted by Crippen LogP contribution is 2.37. The summed E-state index contributed by atoms with van der Waals surface area (Å²) in [6, 6.07) is 7.26. The number of nitrogens with one attached hydrogen (secondary N) is 1. The largest absolute Gasteiger partial charge is 0.495 e. The van der Waals surface area contributed by atoms with E-state index in [0.717, 1.165) is 37.8 Å². The number of halogens is 3. The maximum atomic E-state index is 13.3. The van der Waals surface area contributed by atoms with Crippen molar-refractivity contribution in [1.82, 2.24) is 4.31 Å². The molecule has 34 heavy (non-hydrogen) atoms. The van der Waals surface area contributed by atoms with Crippen LogP contribution in [0.1, 0.15) is 41.6 Å². The van der Waals surface area contributed by atoms with Crippen molar-refractivity contribution in [3.05, 3.63) is 47.5 Å². The number of hydrogen-bond donors (Lipinski definition) is 1. The average Bonchev–Trinajstić information content (AvgIpc) is 3.52. The molecule has 0 saturated carbocycles. The molecule has 0 bridgehead atoms. The fourth-order valence-corrected chi connectivity index (χ4v) is 6.03. The van der Waals surface area contributed by atoms with Gasteiger partial charge >= 0.3 is 6.18 Å². The Labute approximate surface area is 196 Å². The Bertz CT molecular complexity index is 1170. The number of sulfonamides is 1. The fraction of sp³-hybridized carbons (Fsp3) is 0.435. The van der Waals surface area contributed by atoms with E-state index in [1.165, 1.54) is 35.7 Å². The van der Waals surface area contributed by atoms with Gasteiger partial charge in [0.25, 0.3) is 5.91 Å². The number of nitrogens with zero attached hydrogens (tertiary/aromatic N) is 2. The first-order chi connectivity index (χ1) is 16.1. The summed E-state index contributed by atoms with van der Waals surface area (Å²) in [5.74, 6) is -0.611. The number of rotatable bonds is 6. The molecule has 0 unspecified atom stereocenters. The molecule has 0 aromatic heterocycles. The van der Waals surface area contributed by atoms with Gasteiger partial charge in [-0.3, -0.25) is 4.79 Å². The lowest BCUT2D eigenvalue weighted by atomic mass is 10.1. The minimum absolute atomic E-state index is 0.00311. The van der Waals surface area contributed by atoms with Crippen molar-refractivity contribution >= 4 is 27.3 Å². The van der Waals surface area contributed by atoms with Crippen LogP contribution in [0.4, 0.5) is 24.5 Å². The number of alkyl halides is 3. The van der Waals surface area contributed by atoms with Gasteiger partial charge in [-0.25, -0.2) is 8.42 Å².